The Bertz CT molecular complexity index is 867. The summed E-state index contributed by atoms with van der Waals surface area (Å²) in [5.41, 5.74) is 0. The maximum atomic E-state index is 12.9. The highest BCUT2D eigenvalue weighted by Gasteiger charge is 2.31. The molecule has 0 saturated carbocycles. The normalized spacial score (nSPS) is 18.5. The molecule has 0 spiro atoms. The van der Waals surface area contributed by atoms with Gasteiger partial charge in [-0.1, -0.05) is 0 Å². The number of rotatable bonds is 4. The van der Waals surface area contributed by atoms with Crippen LogP contribution in [0.3, 0.4) is 0 Å². The molecular formula is C17H19N3O5S. The van der Waals surface area contributed by atoms with Crippen molar-refractivity contribution in [1.82, 2.24) is 14.5 Å². The summed E-state index contributed by atoms with van der Waals surface area (Å²) in [6.07, 6.45) is 2.70. The number of nitrogens with zero attached hydrogens (tertiary/aromatic N) is 3. The van der Waals surface area contributed by atoms with Gasteiger partial charge < -0.3 is 14.2 Å². The number of aromatic nitrogens is 2. The highest BCUT2D eigenvalue weighted by atomic mass is 32.2. The van der Waals surface area contributed by atoms with E-state index in [4.69, 9.17) is 14.2 Å². The van der Waals surface area contributed by atoms with Gasteiger partial charge in [0.2, 0.25) is 15.9 Å². The third-order valence-corrected chi connectivity index (χ3v) is 6.28. The van der Waals surface area contributed by atoms with E-state index >= 15 is 0 Å². The van der Waals surface area contributed by atoms with Crippen molar-refractivity contribution in [2.24, 2.45) is 0 Å². The van der Waals surface area contributed by atoms with Gasteiger partial charge in [0, 0.05) is 31.4 Å². The molecule has 0 aliphatic carbocycles. The largest absolute Gasteiger partial charge is 0.486 e. The zero-order chi connectivity index (χ0) is 18.0. The lowest BCUT2D eigenvalue weighted by molar-refractivity contribution is 0.128. The summed E-state index contributed by atoms with van der Waals surface area (Å²) in [5, 5.41) is 7.68. The molecule has 3 heterocycles. The van der Waals surface area contributed by atoms with Crippen molar-refractivity contribution in [3.63, 3.8) is 0 Å². The van der Waals surface area contributed by atoms with Gasteiger partial charge in [-0.25, -0.2) is 8.42 Å². The molecule has 2 aliphatic rings. The number of benzene rings is 1. The predicted octanol–water partition coefficient (Wildman–Crippen LogP) is 1.48. The Morgan fingerprint density at radius 1 is 1.08 bits per heavy atom. The summed E-state index contributed by atoms with van der Waals surface area (Å²) in [7, 11) is -3.58. The lowest BCUT2D eigenvalue weighted by atomic mass is 10.1. The van der Waals surface area contributed by atoms with Crippen molar-refractivity contribution in [2.75, 3.05) is 26.3 Å². The van der Waals surface area contributed by atoms with Crippen LogP contribution in [0.5, 0.6) is 17.4 Å². The Kier molecular flexibility index (Phi) is 4.64. The minimum atomic E-state index is -3.58. The molecule has 1 fully saturated rings. The molecule has 0 unspecified atom stereocenters. The fourth-order valence-corrected chi connectivity index (χ4v) is 4.53. The van der Waals surface area contributed by atoms with Crippen LogP contribution in [0, 0.1) is 0 Å². The first-order valence-electron chi connectivity index (χ1n) is 8.47. The number of sulfonamides is 1. The molecular weight excluding hydrogens is 358 g/mol. The average Bonchev–Trinajstić information content (AvgIpc) is 2.69. The van der Waals surface area contributed by atoms with Gasteiger partial charge in [0.15, 0.2) is 11.5 Å². The van der Waals surface area contributed by atoms with E-state index in [0.29, 0.717) is 56.5 Å². The number of ether oxygens (including phenoxy) is 3. The highest BCUT2D eigenvalue weighted by Crippen LogP contribution is 2.33. The Morgan fingerprint density at radius 3 is 2.58 bits per heavy atom. The summed E-state index contributed by atoms with van der Waals surface area (Å²) in [4.78, 5) is 0.218. The molecule has 26 heavy (non-hydrogen) atoms. The quantitative estimate of drug-likeness (QED) is 0.797. The van der Waals surface area contributed by atoms with E-state index in [1.807, 2.05) is 0 Å². The van der Waals surface area contributed by atoms with Crippen molar-refractivity contribution in [2.45, 2.75) is 23.8 Å². The number of hydrogen-bond acceptors (Lipinski definition) is 7. The zero-order valence-corrected chi connectivity index (χ0v) is 14.9. The van der Waals surface area contributed by atoms with Crippen LogP contribution >= 0.6 is 0 Å². The smallest absolute Gasteiger partial charge is 0.243 e. The van der Waals surface area contributed by atoms with E-state index in [9.17, 15) is 8.42 Å². The average molecular weight is 377 g/mol. The molecule has 138 valence electrons. The van der Waals surface area contributed by atoms with Crippen LogP contribution in [0.1, 0.15) is 12.8 Å². The first-order valence-corrected chi connectivity index (χ1v) is 9.91. The molecule has 4 rings (SSSR count). The topological polar surface area (TPSA) is 90.9 Å². The summed E-state index contributed by atoms with van der Waals surface area (Å²) in [6, 6.07) is 8.23. The molecule has 2 aromatic rings. The standard InChI is InChI=1S/C17H19N3O5S/c21-26(22,14-3-4-15-16(12-14)24-11-10-23-15)20-8-5-13(6-9-20)25-17-2-1-7-18-19-17/h1-4,7,12-13H,5-6,8-11H2. The van der Waals surface area contributed by atoms with Crippen LogP contribution in [-0.2, 0) is 10.0 Å². The molecule has 0 N–H and O–H groups in total. The molecule has 1 saturated heterocycles. The second-order valence-electron chi connectivity index (χ2n) is 6.09. The highest BCUT2D eigenvalue weighted by molar-refractivity contribution is 7.89. The van der Waals surface area contributed by atoms with Crippen molar-refractivity contribution < 1.29 is 22.6 Å². The maximum absolute atomic E-state index is 12.9. The molecule has 0 amide bonds. The number of hydrogen-bond donors (Lipinski definition) is 0. The molecule has 9 heteroatoms. The molecule has 0 bridgehead atoms. The van der Waals surface area contributed by atoms with Gasteiger partial charge in [0.05, 0.1) is 4.90 Å². The minimum Gasteiger partial charge on any atom is -0.486 e. The van der Waals surface area contributed by atoms with E-state index < -0.39 is 10.0 Å². The van der Waals surface area contributed by atoms with Crippen LogP contribution in [0.2, 0.25) is 0 Å². The fourth-order valence-electron chi connectivity index (χ4n) is 3.04. The summed E-state index contributed by atoms with van der Waals surface area (Å²) in [5.74, 6) is 1.50. The SMILES string of the molecule is O=S(=O)(c1ccc2c(c1)OCCO2)N1CCC(Oc2cccnn2)CC1. The van der Waals surface area contributed by atoms with Crippen LogP contribution < -0.4 is 14.2 Å². The van der Waals surface area contributed by atoms with Gasteiger partial charge in [-0.2, -0.15) is 9.40 Å². The second kappa shape index (κ2) is 7.08. The van der Waals surface area contributed by atoms with Crippen molar-refractivity contribution in [3.05, 3.63) is 36.5 Å². The van der Waals surface area contributed by atoms with Gasteiger partial charge in [-0.3, -0.25) is 0 Å². The molecule has 8 nitrogen and oxygen atoms in total. The molecule has 1 aromatic carbocycles. The Hall–Kier alpha value is -2.39. The third-order valence-electron chi connectivity index (χ3n) is 4.39. The lowest BCUT2D eigenvalue weighted by Crippen LogP contribution is -2.41. The van der Waals surface area contributed by atoms with E-state index in [0.717, 1.165) is 0 Å². The van der Waals surface area contributed by atoms with Crippen LogP contribution in [0.25, 0.3) is 0 Å². The maximum Gasteiger partial charge on any atom is 0.243 e. The Morgan fingerprint density at radius 2 is 1.85 bits per heavy atom. The zero-order valence-electron chi connectivity index (χ0n) is 14.1. The Labute approximate surface area is 151 Å². The van der Waals surface area contributed by atoms with Gasteiger partial charge in [0.25, 0.3) is 0 Å². The van der Waals surface area contributed by atoms with Crippen molar-refractivity contribution in [3.8, 4) is 17.4 Å². The number of piperidine rings is 1. The van der Waals surface area contributed by atoms with E-state index in [1.165, 1.54) is 10.4 Å². The molecule has 2 aliphatic heterocycles. The third kappa shape index (κ3) is 3.45. The molecule has 0 radical (unpaired) electrons. The molecule has 1 aromatic heterocycles. The first kappa shape index (κ1) is 17.0. The minimum absolute atomic E-state index is 0.0709. The van der Waals surface area contributed by atoms with Crippen molar-refractivity contribution in [1.29, 1.82) is 0 Å². The molecule has 0 atom stereocenters. The van der Waals surface area contributed by atoms with Gasteiger partial charge >= 0.3 is 0 Å². The second-order valence-corrected chi connectivity index (χ2v) is 8.03. The predicted molar refractivity (Wildman–Crippen MR) is 91.9 cm³/mol. The summed E-state index contributed by atoms with van der Waals surface area (Å²) in [6.45, 7) is 1.67. The van der Waals surface area contributed by atoms with Gasteiger partial charge in [-0.15, -0.1) is 5.10 Å². The van der Waals surface area contributed by atoms with Crippen LogP contribution in [0.15, 0.2) is 41.4 Å². The van der Waals surface area contributed by atoms with Crippen LogP contribution in [0.4, 0.5) is 0 Å². The fraction of sp³-hybridized carbons (Fsp3) is 0.412. The van der Waals surface area contributed by atoms with Gasteiger partial charge in [-0.05, 0) is 31.0 Å². The Balaban J connectivity index is 1.43. The van der Waals surface area contributed by atoms with Crippen molar-refractivity contribution >= 4 is 10.0 Å². The van der Waals surface area contributed by atoms with E-state index in [2.05, 4.69) is 10.2 Å². The summed E-state index contributed by atoms with van der Waals surface area (Å²) < 4.78 is 44.0. The van der Waals surface area contributed by atoms with Gasteiger partial charge in [0.1, 0.15) is 19.3 Å². The first-order chi connectivity index (χ1) is 12.6. The lowest BCUT2D eigenvalue weighted by Gasteiger charge is -2.31. The van der Waals surface area contributed by atoms with Crippen LogP contribution in [-0.4, -0.2) is 55.3 Å². The van der Waals surface area contributed by atoms with E-state index in [-0.39, 0.29) is 11.0 Å². The monoisotopic (exact) mass is 377 g/mol. The summed E-state index contributed by atoms with van der Waals surface area (Å²) >= 11 is 0. The van der Waals surface area contributed by atoms with E-state index in [1.54, 1.807) is 30.5 Å². The number of fused-ring (bicyclic) bond motifs is 1.